The molecule has 0 aliphatic heterocycles. The monoisotopic (exact) mass is 141 g/mol. The Morgan fingerprint density at radius 1 is 1.70 bits per heavy atom. The van der Waals surface area contributed by atoms with Crippen molar-refractivity contribution in [3.8, 4) is 0 Å². The number of carbonyl (C=O) groups excluding carboxylic acids is 1. The number of carbonyl (C=O) groups is 1. The largest absolute Gasteiger partial charge is 0.368 e. The normalized spacial score (nSPS) is 9.70. The highest BCUT2D eigenvalue weighted by Crippen LogP contribution is 1.95. The van der Waals surface area contributed by atoms with Gasteiger partial charge < -0.3 is 11.5 Å². The van der Waals surface area contributed by atoms with E-state index in [0.29, 0.717) is 5.82 Å². The van der Waals surface area contributed by atoms with Gasteiger partial charge in [0.05, 0.1) is 0 Å². The van der Waals surface area contributed by atoms with Crippen molar-refractivity contribution in [3.63, 3.8) is 0 Å². The summed E-state index contributed by atoms with van der Waals surface area (Å²) < 4.78 is 0.843. The van der Waals surface area contributed by atoms with Gasteiger partial charge in [0.15, 0.2) is 0 Å². The fourth-order valence-electron chi connectivity index (χ4n) is 0.594. The lowest BCUT2D eigenvalue weighted by molar-refractivity contribution is 0.248. The SMILES string of the molecule is Cc1nc(N)n(C(N)=O)n1. The fraction of sp³-hybridized carbons (Fsp3) is 0.250. The van der Waals surface area contributed by atoms with Gasteiger partial charge in [-0.1, -0.05) is 0 Å². The van der Waals surface area contributed by atoms with Crippen LogP contribution in [0, 0.1) is 6.92 Å². The van der Waals surface area contributed by atoms with E-state index in [2.05, 4.69) is 10.1 Å². The quantitative estimate of drug-likeness (QED) is 0.488. The van der Waals surface area contributed by atoms with Gasteiger partial charge in [-0.2, -0.15) is 4.98 Å². The zero-order chi connectivity index (χ0) is 7.72. The molecule has 1 aromatic rings. The summed E-state index contributed by atoms with van der Waals surface area (Å²) >= 11 is 0. The lowest BCUT2D eigenvalue weighted by Crippen LogP contribution is -2.22. The summed E-state index contributed by atoms with van der Waals surface area (Å²) in [5.74, 6) is 0.446. The maximum atomic E-state index is 10.4. The minimum Gasteiger partial charge on any atom is -0.368 e. The first kappa shape index (κ1) is 6.53. The first-order valence-electron chi connectivity index (χ1n) is 2.60. The van der Waals surface area contributed by atoms with Gasteiger partial charge in [0.1, 0.15) is 5.82 Å². The number of nitrogen functional groups attached to an aromatic ring is 1. The Balaban J connectivity index is 3.15. The van der Waals surface area contributed by atoms with Crippen LogP contribution in [-0.2, 0) is 0 Å². The molecule has 0 saturated carbocycles. The summed E-state index contributed by atoms with van der Waals surface area (Å²) in [4.78, 5) is 14.1. The number of nitrogens with zero attached hydrogens (tertiary/aromatic N) is 3. The maximum absolute atomic E-state index is 10.4. The fourth-order valence-corrected chi connectivity index (χ4v) is 0.594. The third-order valence-electron chi connectivity index (χ3n) is 0.947. The second kappa shape index (κ2) is 1.98. The number of hydrogen-bond acceptors (Lipinski definition) is 4. The van der Waals surface area contributed by atoms with E-state index in [1.54, 1.807) is 6.92 Å². The van der Waals surface area contributed by atoms with Crippen LogP contribution < -0.4 is 11.5 Å². The van der Waals surface area contributed by atoms with Gasteiger partial charge >= 0.3 is 6.03 Å². The van der Waals surface area contributed by atoms with Gasteiger partial charge in [-0.3, -0.25) is 0 Å². The van der Waals surface area contributed by atoms with E-state index in [9.17, 15) is 4.79 Å². The van der Waals surface area contributed by atoms with Crippen LogP contribution in [0.25, 0.3) is 0 Å². The zero-order valence-corrected chi connectivity index (χ0v) is 5.40. The van der Waals surface area contributed by atoms with Crippen molar-refractivity contribution in [3.05, 3.63) is 5.82 Å². The third kappa shape index (κ3) is 0.903. The lowest BCUT2D eigenvalue weighted by Gasteiger charge is -1.91. The molecule has 0 spiro atoms. The van der Waals surface area contributed by atoms with Crippen molar-refractivity contribution in [2.45, 2.75) is 6.92 Å². The van der Waals surface area contributed by atoms with Crippen molar-refractivity contribution in [2.75, 3.05) is 5.73 Å². The molecule has 1 amide bonds. The van der Waals surface area contributed by atoms with Gasteiger partial charge in [0.25, 0.3) is 0 Å². The number of hydrogen-bond donors (Lipinski definition) is 2. The van der Waals surface area contributed by atoms with Gasteiger partial charge in [-0.25, -0.2) is 4.79 Å². The molecule has 4 N–H and O–H groups in total. The minimum atomic E-state index is -0.724. The highest BCUT2D eigenvalue weighted by Gasteiger charge is 2.06. The number of rotatable bonds is 0. The molecule has 1 rings (SSSR count). The first-order valence-corrected chi connectivity index (χ1v) is 2.60. The Kier molecular flexibility index (Phi) is 1.29. The molecule has 0 fully saturated rings. The number of aryl methyl sites for hydroxylation is 1. The Morgan fingerprint density at radius 2 is 2.30 bits per heavy atom. The number of amides is 1. The standard InChI is InChI=1S/C4H7N5O/c1-2-7-3(5)9(8-2)4(6)10/h1H3,(H2,6,10)(H2,5,7,8). The number of nitrogens with two attached hydrogens (primary N) is 2. The topological polar surface area (TPSA) is 99.8 Å². The average Bonchev–Trinajstić information content (AvgIpc) is 2.10. The molecule has 10 heavy (non-hydrogen) atoms. The number of primary amides is 1. The Labute approximate surface area is 56.8 Å². The molecule has 0 unspecified atom stereocenters. The second-order valence-electron chi connectivity index (χ2n) is 1.77. The molecule has 0 radical (unpaired) electrons. The van der Waals surface area contributed by atoms with Gasteiger partial charge in [-0.15, -0.1) is 9.78 Å². The van der Waals surface area contributed by atoms with Crippen LogP contribution in [0.2, 0.25) is 0 Å². The highest BCUT2D eigenvalue weighted by molar-refractivity contribution is 5.76. The summed E-state index contributed by atoms with van der Waals surface area (Å²) in [6.07, 6.45) is 0. The molecule has 0 atom stereocenters. The highest BCUT2D eigenvalue weighted by atomic mass is 16.2. The van der Waals surface area contributed by atoms with E-state index in [1.165, 1.54) is 0 Å². The van der Waals surface area contributed by atoms with Gasteiger partial charge in [0, 0.05) is 0 Å². The van der Waals surface area contributed by atoms with Crippen LogP contribution in [0.3, 0.4) is 0 Å². The van der Waals surface area contributed by atoms with Gasteiger partial charge in [-0.05, 0) is 6.92 Å². The number of anilines is 1. The average molecular weight is 141 g/mol. The van der Waals surface area contributed by atoms with Crippen molar-refractivity contribution in [1.82, 2.24) is 14.8 Å². The van der Waals surface area contributed by atoms with Crippen molar-refractivity contribution in [2.24, 2.45) is 5.73 Å². The van der Waals surface area contributed by atoms with Crippen LogP contribution in [0.5, 0.6) is 0 Å². The number of aromatic nitrogens is 3. The van der Waals surface area contributed by atoms with Crippen LogP contribution in [0.4, 0.5) is 10.7 Å². The summed E-state index contributed by atoms with van der Waals surface area (Å²) in [7, 11) is 0. The molecule has 0 aliphatic carbocycles. The minimum absolute atomic E-state index is 0.0185. The van der Waals surface area contributed by atoms with Gasteiger partial charge in [0.2, 0.25) is 5.95 Å². The zero-order valence-electron chi connectivity index (χ0n) is 5.40. The molecule has 0 saturated heterocycles. The Morgan fingerprint density at radius 3 is 2.50 bits per heavy atom. The van der Waals surface area contributed by atoms with Crippen LogP contribution >= 0.6 is 0 Å². The molecule has 1 heterocycles. The van der Waals surface area contributed by atoms with E-state index in [-0.39, 0.29) is 5.95 Å². The van der Waals surface area contributed by atoms with Crippen molar-refractivity contribution in [1.29, 1.82) is 0 Å². The third-order valence-corrected chi connectivity index (χ3v) is 0.947. The molecule has 0 aromatic carbocycles. The van der Waals surface area contributed by atoms with Crippen LogP contribution in [0.1, 0.15) is 5.82 Å². The first-order chi connectivity index (χ1) is 4.61. The van der Waals surface area contributed by atoms with E-state index in [4.69, 9.17) is 11.5 Å². The molecule has 54 valence electrons. The van der Waals surface area contributed by atoms with Crippen LogP contribution in [-0.4, -0.2) is 20.8 Å². The second-order valence-corrected chi connectivity index (χ2v) is 1.77. The molecule has 6 heteroatoms. The molecule has 0 bridgehead atoms. The predicted molar refractivity (Wildman–Crippen MR) is 34.2 cm³/mol. The van der Waals surface area contributed by atoms with E-state index in [1.807, 2.05) is 0 Å². The summed E-state index contributed by atoms with van der Waals surface area (Å²) in [5, 5.41) is 3.62. The molecular weight excluding hydrogens is 134 g/mol. The summed E-state index contributed by atoms with van der Waals surface area (Å²) in [6, 6.07) is -0.724. The molecular formula is C4H7N5O. The predicted octanol–water partition coefficient (Wildman–Crippen LogP) is -0.904. The lowest BCUT2D eigenvalue weighted by atomic mass is 10.8. The molecule has 0 aliphatic rings. The smallest absolute Gasteiger partial charge is 0.342 e. The van der Waals surface area contributed by atoms with E-state index < -0.39 is 6.03 Å². The Hall–Kier alpha value is -1.59. The van der Waals surface area contributed by atoms with Crippen molar-refractivity contribution < 1.29 is 4.79 Å². The van der Waals surface area contributed by atoms with Crippen molar-refractivity contribution >= 4 is 12.0 Å². The molecule has 1 aromatic heterocycles. The maximum Gasteiger partial charge on any atom is 0.342 e. The summed E-state index contributed by atoms with van der Waals surface area (Å²) in [6.45, 7) is 1.62. The van der Waals surface area contributed by atoms with Crippen LogP contribution in [0.15, 0.2) is 0 Å². The molecule has 6 nitrogen and oxygen atoms in total. The summed E-state index contributed by atoms with van der Waals surface area (Å²) in [5.41, 5.74) is 10.1. The Bertz CT molecular complexity index is 265. The van der Waals surface area contributed by atoms with E-state index >= 15 is 0 Å². The van der Waals surface area contributed by atoms with E-state index in [0.717, 1.165) is 4.68 Å².